The molecule has 0 aliphatic carbocycles. The summed E-state index contributed by atoms with van der Waals surface area (Å²) < 4.78 is 3.00. The van der Waals surface area contributed by atoms with Crippen molar-refractivity contribution in [2.24, 2.45) is 0 Å². The summed E-state index contributed by atoms with van der Waals surface area (Å²) >= 11 is 11.8. The Bertz CT molecular complexity index is 798. The summed E-state index contributed by atoms with van der Waals surface area (Å²) in [7, 11) is 0. The number of rotatable bonds is 2. The van der Waals surface area contributed by atoms with Crippen LogP contribution in [0.2, 0.25) is 5.02 Å². The topological polar surface area (TPSA) is 24.0 Å². The van der Waals surface area contributed by atoms with Crippen molar-refractivity contribution >= 4 is 34.9 Å². The minimum Gasteiger partial charge on any atom is -0.331 e. The molecule has 3 nitrogen and oxygen atoms in total. The summed E-state index contributed by atoms with van der Waals surface area (Å²) in [6.07, 6.45) is 2.29. The van der Waals surface area contributed by atoms with Gasteiger partial charge in [0.1, 0.15) is 0 Å². The second kappa shape index (κ2) is 5.84. The molecule has 0 bridgehead atoms. The Morgan fingerprint density at radius 1 is 1.41 bits per heavy atom. The zero-order valence-electron chi connectivity index (χ0n) is 13.5. The lowest BCUT2D eigenvalue weighted by Crippen LogP contribution is -2.36. The predicted molar refractivity (Wildman–Crippen MR) is 96.1 cm³/mol. The molecule has 1 aromatic heterocycles. The van der Waals surface area contributed by atoms with Gasteiger partial charge in [-0.1, -0.05) is 23.3 Å². The van der Waals surface area contributed by atoms with Gasteiger partial charge in [-0.25, -0.2) is 0 Å². The van der Waals surface area contributed by atoms with Crippen LogP contribution in [-0.2, 0) is 6.54 Å². The summed E-state index contributed by atoms with van der Waals surface area (Å²) in [4.78, 5) is 5.81. The molecule has 2 heterocycles. The van der Waals surface area contributed by atoms with Crippen LogP contribution in [0.4, 0.5) is 0 Å². The maximum atomic E-state index is 6.32. The van der Waals surface area contributed by atoms with Crippen LogP contribution in [0.1, 0.15) is 39.3 Å². The van der Waals surface area contributed by atoms with Gasteiger partial charge in [0, 0.05) is 30.2 Å². The molecule has 1 aliphatic heterocycles. The van der Waals surface area contributed by atoms with E-state index in [-0.39, 0.29) is 0 Å². The number of imidazole rings is 1. The van der Waals surface area contributed by atoms with Crippen molar-refractivity contribution in [2.45, 2.75) is 46.3 Å². The molecule has 3 rings (SSSR count). The second-order valence-corrected chi connectivity index (χ2v) is 7.26. The first kappa shape index (κ1) is 15.8. The molecule has 0 saturated heterocycles. The van der Waals surface area contributed by atoms with E-state index in [1.165, 1.54) is 16.7 Å². The number of allylic oxidation sites excluding steroid dienone is 1. The molecule has 0 fully saturated rings. The van der Waals surface area contributed by atoms with Crippen molar-refractivity contribution < 1.29 is 0 Å². The molecule has 0 radical (unpaired) electrons. The van der Waals surface area contributed by atoms with Crippen molar-refractivity contribution in [2.75, 3.05) is 6.54 Å². The Morgan fingerprint density at radius 2 is 2.14 bits per heavy atom. The minimum atomic E-state index is 0.297. The highest BCUT2D eigenvalue weighted by Gasteiger charge is 2.28. The molecule has 1 N–H and O–H groups in total. The zero-order valence-corrected chi connectivity index (χ0v) is 15.1. The Morgan fingerprint density at radius 3 is 2.82 bits per heavy atom. The third kappa shape index (κ3) is 2.64. The Balaban J connectivity index is 2.18. The van der Waals surface area contributed by atoms with Crippen molar-refractivity contribution in [3.63, 3.8) is 0 Å². The van der Waals surface area contributed by atoms with Crippen LogP contribution in [0, 0.1) is 4.77 Å². The number of aromatic amines is 1. The second-order valence-electron chi connectivity index (χ2n) is 6.44. The average Bonchev–Trinajstić information content (AvgIpc) is 2.67. The maximum Gasteiger partial charge on any atom is 0.178 e. The highest BCUT2D eigenvalue weighted by Crippen LogP contribution is 2.35. The van der Waals surface area contributed by atoms with Crippen LogP contribution in [0.5, 0.6) is 0 Å². The first-order valence-corrected chi connectivity index (χ1v) is 8.48. The number of nitrogens with zero attached hydrogens (tertiary/aromatic N) is 2. The van der Waals surface area contributed by atoms with Crippen LogP contribution in [0.3, 0.4) is 0 Å². The van der Waals surface area contributed by atoms with Crippen LogP contribution in [-0.4, -0.2) is 27.0 Å². The minimum absolute atomic E-state index is 0.297. The van der Waals surface area contributed by atoms with Crippen molar-refractivity contribution in [1.29, 1.82) is 0 Å². The number of hydrogen-bond donors (Lipinski definition) is 1. The van der Waals surface area contributed by atoms with E-state index in [0.717, 1.165) is 28.4 Å². The van der Waals surface area contributed by atoms with Gasteiger partial charge in [0.25, 0.3) is 0 Å². The van der Waals surface area contributed by atoms with Gasteiger partial charge in [0.15, 0.2) is 4.77 Å². The third-order valence-electron chi connectivity index (χ3n) is 4.53. The van der Waals surface area contributed by atoms with Crippen LogP contribution >= 0.6 is 23.8 Å². The van der Waals surface area contributed by atoms with Crippen LogP contribution in [0.15, 0.2) is 23.8 Å². The van der Waals surface area contributed by atoms with E-state index >= 15 is 0 Å². The lowest BCUT2D eigenvalue weighted by Gasteiger charge is -2.32. The van der Waals surface area contributed by atoms with E-state index < -0.39 is 0 Å². The summed E-state index contributed by atoms with van der Waals surface area (Å²) in [5.41, 5.74) is 4.84. The van der Waals surface area contributed by atoms with E-state index in [9.17, 15) is 0 Å². The number of hydrogen-bond acceptors (Lipinski definition) is 2. The summed E-state index contributed by atoms with van der Waals surface area (Å²) in [5.74, 6) is 0. The van der Waals surface area contributed by atoms with Gasteiger partial charge in [0.2, 0.25) is 0 Å². The lowest BCUT2D eigenvalue weighted by atomic mass is 10.0. The molecule has 2 aromatic rings. The van der Waals surface area contributed by atoms with E-state index in [1.54, 1.807) is 0 Å². The molecule has 5 heteroatoms. The van der Waals surface area contributed by atoms with Crippen LogP contribution < -0.4 is 0 Å². The number of H-pyrrole nitrogens is 1. The average molecular weight is 336 g/mol. The van der Waals surface area contributed by atoms with Crippen molar-refractivity contribution in [3.8, 4) is 0 Å². The van der Waals surface area contributed by atoms with Gasteiger partial charge in [0.05, 0.1) is 11.0 Å². The predicted octanol–water partition coefficient (Wildman–Crippen LogP) is 5.08. The first-order valence-electron chi connectivity index (χ1n) is 7.69. The SMILES string of the molecule is CC(C)=CCN1[C@H](C)Cn2c(=S)[nH]c3cc(Cl)cc(c32)[C@H]1C. The van der Waals surface area contributed by atoms with E-state index in [0.29, 0.717) is 12.1 Å². The molecule has 22 heavy (non-hydrogen) atoms. The summed E-state index contributed by atoms with van der Waals surface area (Å²) in [5, 5.41) is 0.759. The highest BCUT2D eigenvalue weighted by atomic mass is 35.5. The monoisotopic (exact) mass is 335 g/mol. The lowest BCUT2D eigenvalue weighted by molar-refractivity contribution is 0.165. The van der Waals surface area contributed by atoms with Crippen molar-refractivity contribution in [3.05, 3.63) is 39.1 Å². The van der Waals surface area contributed by atoms with E-state index in [4.69, 9.17) is 23.8 Å². The van der Waals surface area contributed by atoms with Gasteiger partial charge in [-0.05, 0) is 57.6 Å². The quantitative estimate of drug-likeness (QED) is 0.611. The number of nitrogens with one attached hydrogen (secondary N) is 1. The van der Waals surface area contributed by atoms with Crippen LogP contribution in [0.25, 0.3) is 11.0 Å². The first-order chi connectivity index (χ1) is 10.4. The number of benzene rings is 1. The number of halogens is 1. The normalized spacial score (nSPS) is 21.9. The molecular weight excluding hydrogens is 314 g/mol. The van der Waals surface area contributed by atoms with Gasteiger partial charge in [-0.15, -0.1) is 0 Å². The standard InChI is InChI=1S/C17H22ClN3S/c1-10(2)5-6-20-11(3)9-21-16-14(12(20)4)7-13(18)8-15(16)19-17(21)22/h5,7-8,11-12H,6,9H2,1-4H3,(H,19,22)/t11-,12-/m1/s1. The maximum absolute atomic E-state index is 6.32. The Labute approximate surface area is 141 Å². The molecule has 1 aliphatic rings. The largest absolute Gasteiger partial charge is 0.331 e. The highest BCUT2D eigenvalue weighted by molar-refractivity contribution is 7.71. The molecule has 118 valence electrons. The van der Waals surface area contributed by atoms with E-state index in [2.05, 4.69) is 54.3 Å². The smallest absolute Gasteiger partial charge is 0.178 e. The van der Waals surface area contributed by atoms with Gasteiger partial charge >= 0.3 is 0 Å². The third-order valence-corrected chi connectivity index (χ3v) is 5.07. The molecule has 0 spiro atoms. The van der Waals surface area contributed by atoms with Gasteiger partial charge in [-0.3, -0.25) is 4.90 Å². The molecule has 0 unspecified atom stereocenters. The van der Waals surface area contributed by atoms with Crippen molar-refractivity contribution in [1.82, 2.24) is 14.5 Å². The Kier molecular flexibility index (Phi) is 4.19. The zero-order chi connectivity index (χ0) is 16.0. The fraction of sp³-hybridized carbons (Fsp3) is 0.471. The van der Waals surface area contributed by atoms with E-state index in [1.807, 2.05) is 6.07 Å². The van der Waals surface area contributed by atoms with Gasteiger partial charge in [-0.2, -0.15) is 0 Å². The molecule has 1 aromatic carbocycles. The number of aromatic nitrogens is 2. The summed E-state index contributed by atoms with van der Waals surface area (Å²) in [6, 6.07) is 4.75. The molecule has 0 saturated carbocycles. The van der Waals surface area contributed by atoms with Gasteiger partial charge < -0.3 is 9.55 Å². The Hall–Kier alpha value is -1.10. The molecular formula is C17H22ClN3S. The fourth-order valence-corrected chi connectivity index (χ4v) is 3.85. The molecule has 0 amide bonds. The molecule has 2 atom stereocenters. The summed E-state index contributed by atoms with van der Waals surface area (Å²) in [6.45, 7) is 10.7. The fourth-order valence-electron chi connectivity index (χ4n) is 3.35.